The summed E-state index contributed by atoms with van der Waals surface area (Å²) in [5.41, 5.74) is 3.34. The molecule has 20 heavy (non-hydrogen) atoms. The zero-order chi connectivity index (χ0) is 14.5. The topological polar surface area (TPSA) is 9.23 Å². The minimum atomic E-state index is -0.181. The lowest BCUT2D eigenvalue weighted by Crippen LogP contribution is -1.97. The Morgan fingerprint density at radius 3 is 2.35 bits per heavy atom. The number of hydrogen-bond donors (Lipinski definition) is 0. The summed E-state index contributed by atoms with van der Waals surface area (Å²) >= 11 is 15.9. The van der Waals surface area contributed by atoms with Gasteiger partial charge in [-0.05, 0) is 51.2 Å². The van der Waals surface area contributed by atoms with E-state index in [9.17, 15) is 0 Å². The Labute approximate surface area is 138 Å². The minimum Gasteiger partial charge on any atom is -0.384 e. The maximum absolute atomic E-state index is 6.52. The highest BCUT2D eigenvalue weighted by molar-refractivity contribution is 9.10. The predicted octanol–water partition coefficient (Wildman–Crippen LogP) is 5.62. The monoisotopic (exact) mass is 372 g/mol. The first kappa shape index (κ1) is 15.8. The second-order valence-corrected chi connectivity index (χ2v) is 6.22. The molecule has 2 aromatic carbocycles. The van der Waals surface area contributed by atoms with Crippen LogP contribution in [0, 0.1) is 0 Å². The molecule has 0 fully saturated rings. The molecule has 0 aliphatic heterocycles. The van der Waals surface area contributed by atoms with Crippen LogP contribution < -0.4 is 0 Å². The quantitative estimate of drug-likeness (QED) is 0.618. The van der Waals surface area contributed by atoms with Crippen molar-refractivity contribution in [2.45, 2.75) is 11.8 Å². The van der Waals surface area contributed by atoms with Crippen LogP contribution in [-0.2, 0) is 11.2 Å². The minimum absolute atomic E-state index is 0.181. The molecule has 2 aromatic rings. The smallest absolute Gasteiger partial charge is 0.0835 e. The lowest BCUT2D eigenvalue weighted by molar-refractivity contribution is 0.202. The van der Waals surface area contributed by atoms with E-state index in [2.05, 4.69) is 40.2 Å². The lowest BCUT2D eigenvalue weighted by Gasteiger charge is -2.12. The summed E-state index contributed by atoms with van der Waals surface area (Å²) in [4.78, 5) is 0. The molecule has 0 spiro atoms. The first-order chi connectivity index (χ1) is 9.61. The second-order valence-electron chi connectivity index (χ2n) is 4.52. The van der Waals surface area contributed by atoms with E-state index >= 15 is 0 Å². The molecular formula is C16H15BrCl2O. The van der Waals surface area contributed by atoms with Gasteiger partial charge in [0.2, 0.25) is 0 Å². The molecule has 0 bridgehead atoms. The molecule has 1 atom stereocenters. The largest absolute Gasteiger partial charge is 0.384 e. The van der Waals surface area contributed by atoms with E-state index in [1.165, 1.54) is 5.56 Å². The Morgan fingerprint density at radius 1 is 1.10 bits per heavy atom. The first-order valence-electron chi connectivity index (χ1n) is 6.28. The summed E-state index contributed by atoms with van der Waals surface area (Å²) in [6, 6.07) is 14.1. The number of methoxy groups -OCH3 is 1. The van der Waals surface area contributed by atoms with Crippen molar-refractivity contribution in [3.63, 3.8) is 0 Å². The third-order valence-corrected chi connectivity index (χ3v) is 4.82. The molecule has 2 rings (SSSR count). The summed E-state index contributed by atoms with van der Waals surface area (Å²) in [7, 11) is 1.71. The standard InChI is InChI=1S/C16H15BrCl2O/c1-20-9-8-11-2-4-12(5-3-11)16(19)13-6-7-15(18)14(17)10-13/h2-7,10,16H,8-9H2,1H3. The molecule has 106 valence electrons. The Morgan fingerprint density at radius 2 is 1.75 bits per heavy atom. The first-order valence-corrected chi connectivity index (χ1v) is 7.89. The average Bonchev–Trinajstić information content (AvgIpc) is 2.48. The summed E-state index contributed by atoms with van der Waals surface area (Å²) in [6.45, 7) is 0.730. The van der Waals surface area contributed by atoms with Gasteiger partial charge in [0.15, 0.2) is 0 Å². The summed E-state index contributed by atoms with van der Waals surface area (Å²) < 4.78 is 5.93. The number of halogens is 3. The van der Waals surface area contributed by atoms with Crippen LogP contribution in [0.4, 0.5) is 0 Å². The third kappa shape index (κ3) is 3.98. The van der Waals surface area contributed by atoms with E-state index in [0.29, 0.717) is 5.02 Å². The van der Waals surface area contributed by atoms with Crippen LogP contribution >= 0.6 is 39.1 Å². The third-order valence-electron chi connectivity index (χ3n) is 3.10. The van der Waals surface area contributed by atoms with Gasteiger partial charge in [-0.2, -0.15) is 0 Å². The van der Waals surface area contributed by atoms with Gasteiger partial charge in [-0.25, -0.2) is 0 Å². The number of alkyl halides is 1. The van der Waals surface area contributed by atoms with Gasteiger partial charge in [-0.1, -0.05) is 41.9 Å². The van der Waals surface area contributed by atoms with E-state index in [1.807, 2.05) is 18.2 Å². The molecule has 0 radical (unpaired) electrons. The van der Waals surface area contributed by atoms with E-state index < -0.39 is 0 Å². The molecule has 0 heterocycles. The molecular weight excluding hydrogens is 359 g/mol. The Balaban J connectivity index is 2.15. The summed E-state index contributed by atoms with van der Waals surface area (Å²) in [5.74, 6) is 0. The van der Waals surface area contributed by atoms with Crippen LogP contribution in [0.25, 0.3) is 0 Å². The Hall–Kier alpha value is -0.540. The number of ether oxygens (including phenoxy) is 1. The highest BCUT2D eigenvalue weighted by Gasteiger charge is 2.12. The van der Waals surface area contributed by atoms with Gasteiger partial charge >= 0.3 is 0 Å². The van der Waals surface area contributed by atoms with Gasteiger partial charge in [0.1, 0.15) is 0 Å². The fourth-order valence-corrected chi connectivity index (χ4v) is 2.73. The Bertz CT molecular complexity index is 569. The molecule has 0 saturated carbocycles. The van der Waals surface area contributed by atoms with Gasteiger partial charge in [0, 0.05) is 11.6 Å². The fraction of sp³-hybridized carbons (Fsp3) is 0.250. The SMILES string of the molecule is COCCc1ccc(C(Cl)c2ccc(Cl)c(Br)c2)cc1. The normalized spacial score (nSPS) is 12.4. The number of hydrogen-bond acceptors (Lipinski definition) is 1. The van der Waals surface area contributed by atoms with Gasteiger partial charge in [-0.3, -0.25) is 0 Å². The van der Waals surface area contributed by atoms with Gasteiger partial charge in [0.05, 0.1) is 17.0 Å². The Kier molecular flexibility index (Phi) is 5.91. The van der Waals surface area contributed by atoms with Crippen LogP contribution in [0.15, 0.2) is 46.9 Å². The molecule has 0 amide bonds. The summed E-state index contributed by atoms with van der Waals surface area (Å²) in [5, 5.41) is 0.507. The lowest BCUT2D eigenvalue weighted by atomic mass is 10.0. The molecule has 0 aliphatic rings. The van der Waals surface area contributed by atoms with Crippen molar-refractivity contribution in [3.05, 3.63) is 68.7 Å². The van der Waals surface area contributed by atoms with Crippen LogP contribution in [-0.4, -0.2) is 13.7 Å². The maximum Gasteiger partial charge on any atom is 0.0835 e. The maximum atomic E-state index is 6.52. The molecule has 0 aliphatic carbocycles. The predicted molar refractivity (Wildman–Crippen MR) is 88.9 cm³/mol. The average molecular weight is 374 g/mol. The van der Waals surface area contributed by atoms with Crippen molar-refractivity contribution in [3.8, 4) is 0 Å². The number of benzene rings is 2. The van der Waals surface area contributed by atoms with Crippen molar-refractivity contribution in [1.82, 2.24) is 0 Å². The van der Waals surface area contributed by atoms with Crippen LogP contribution in [0.5, 0.6) is 0 Å². The zero-order valence-electron chi connectivity index (χ0n) is 11.1. The van der Waals surface area contributed by atoms with E-state index in [4.69, 9.17) is 27.9 Å². The number of rotatable bonds is 5. The van der Waals surface area contributed by atoms with E-state index in [-0.39, 0.29) is 5.38 Å². The molecule has 0 aromatic heterocycles. The van der Waals surface area contributed by atoms with Crippen LogP contribution in [0.3, 0.4) is 0 Å². The second kappa shape index (κ2) is 7.46. The molecule has 0 saturated heterocycles. The van der Waals surface area contributed by atoms with Gasteiger partial charge in [0.25, 0.3) is 0 Å². The summed E-state index contributed by atoms with van der Waals surface area (Å²) in [6.07, 6.45) is 0.913. The highest BCUT2D eigenvalue weighted by Crippen LogP contribution is 2.33. The van der Waals surface area contributed by atoms with Crippen molar-refractivity contribution >= 4 is 39.1 Å². The molecule has 1 unspecified atom stereocenters. The van der Waals surface area contributed by atoms with Crippen molar-refractivity contribution in [2.24, 2.45) is 0 Å². The van der Waals surface area contributed by atoms with Gasteiger partial charge < -0.3 is 4.74 Å². The highest BCUT2D eigenvalue weighted by atomic mass is 79.9. The van der Waals surface area contributed by atoms with Crippen molar-refractivity contribution in [1.29, 1.82) is 0 Å². The van der Waals surface area contributed by atoms with Crippen LogP contribution in [0.2, 0.25) is 5.02 Å². The van der Waals surface area contributed by atoms with Crippen LogP contribution in [0.1, 0.15) is 22.1 Å². The van der Waals surface area contributed by atoms with Gasteiger partial charge in [-0.15, -0.1) is 11.6 Å². The van der Waals surface area contributed by atoms with Crippen molar-refractivity contribution < 1.29 is 4.74 Å². The molecule has 4 heteroatoms. The molecule has 0 N–H and O–H groups in total. The zero-order valence-corrected chi connectivity index (χ0v) is 14.2. The van der Waals surface area contributed by atoms with E-state index in [1.54, 1.807) is 7.11 Å². The van der Waals surface area contributed by atoms with Crippen molar-refractivity contribution in [2.75, 3.05) is 13.7 Å². The molecule has 1 nitrogen and oxygen atoms in total. The fourth-order valence-electron chi connectivity index (χ4n) is 1.94. The van der Waals surface area contributed by atoms with E-state index in [0.717, 1.165) is 28.6 Å².